The third-order valence-electron chi connectivity index (χ3n) is 3.87. The molecule has 0 aromatic heterocycles. The summed E-state index contributed by atoms with van der Waals surface area (Å²) in [6.07, 6.45) is -1.30. The Morgan fingerprint density at radius 3 is 2.70 bits per heavy atom. The van der Waals surface area contributed by atoms with Gasteiger partial charge >= 0.3 is 5.97 Å². The summed E-state index contributed by atoms with van der Waals surface area (Å²) >= 11 is 1.27. The van der Waals surface area contributed by atoms with Gasteiger partial charge in [0.05, 0.1) is 23.0 Å². The number of hydrogen-bond donors (Lipinski definition) is 2. The Balaban J connectivity index is 1.55. The van der Waals surface area contributed by atoms with Crippen LogP contribution in [0.3, 0.4) is 0 Å². The summed E-state index contributed by atoms with van der Waals surface area (Å²) in [6, 6.07) is 13.0. The molecule has 2 atom stereocenters. The van der Waals surface area contributed by atoms with E-state index in [4.69, 9.17) is 4.74 Å². The first-order valence-corrected chi connectivity index (χ1v) is 9.13. The average molecular weight is 388 g/mol. The first-order chi connectivity index (χ1) is 12.9. The number of nitrogens with one attached hydrogen (secondary N) is 2. The first kappa shape index (κ1) is 18.9. The molecular formula is C19H17FN2O4S. The minimum Gasteiger partial charge on any atom is -0.452 e. The summed E-state index contributed by atoms with van der Waals surface area (Å²) in [7, 11) is 0. The maximum Gasteiger partial charge on any atom is 0.308 e. The summed E-state index contributed by atoms with van der Waals surface area (Å²) in [5, 5.41) is 4.46. The quantitative estimate of drug-likeness (QED) is 0.769. The molecule has 2 N–H and O–H groups in total. The van der Waals surface area contributed by atoms with Gasteiger partial charge in [0.2, 0.25) is 5.91 Å². The van der Waals surface area contributed by atoms with Crippen molar-refractivity contribution < 1.29 is 23.5 Å². The topological polar surface area (TPSA) is 84.5 Å². The number of rotatable bonds is 5. The standard InChI is InChI=1S/C19H17FN2O4S/c1-11(18(24)21-13-7-3-2-6-12(13)20)26-17(23)10-16-19(25)22-14-8-4-5-9-15(14)27-16/h2-9,11,16H,10H2,1H3,(H,21,24)(H,22,25)/t11-,16-/m0/s1. The normalized spacial score (nSPS) is 16.7. The number of para-hydroxylation sites is 2. The van der Waals surface area contributed by atoms with E-state index in [0.29, 0.717) is 5.69 Å². The zero-order valence-corrected chi connectivity index (χ0v) is 15.2. The number of anilines is 2. The van der Waals surface area contributed by atoms with Crippen molar-refractivity contribution >= 4 is 40.9 Å². The van der Waals surface area contributed by atoms with Gasteiger partial charge in [0.25, 0.3) is 5.91 Å². The number of carbonyl (C=O) groups is 3. The molecule has 0 saturated heterocycles. The number of fused-ring (bicyclic) bond motifs is 1. The molecule has 0 bridgehead atoms. The predicted molar refractivity (Wildman–Crippen MR) is 99.9 cm³/mol. The molecule has 0 radical (unpaired) electrons. The molecule has 2 aromatic carbocycles. The minimum absolute atomic E-state index is 0.00391. The second kappa shape index (κ2) is 8.22. The molecule has 3 rings (SSSR count). The summed E-state index contributed by atoms with van der Waals surface area (Å²) in [6.45, 7) is 1.39. The van der Waals surface area contributed by atoms with Gasteiger partial charge in [0.15, 0.2) is 6.10 Å². The molecule has 0 aliphatic carbocycles. The summed E-state index contributed by atoms with van der Waals surface area (Å²) in [4.78, 5) is 37.2. The fourth-order valence-electron chi connectivity index (χ4n) is 2.47. The van der Waals surface area contributed by atoms with Crippen LogP contribution in [-0.4, -0.2) is 29.1 Å². The molecule has 0 saturated carbocycles. The van der Waals surface area contributed by atoms with Crippen LogP contribution in [0.2, 0.25) is 0 Å². The van der Waals surface area contributed by atoms with Crippen LogP contribution in [0.1, 0.15) is 13.3 Å². The van der Waals surface area contributed by atoms with Gasteiger partial charge in [0.1, 0.15) is 5.82 Å². The second-order valence-corrected chi connectivity index (χ2v) is 7.14. The fraction of sp³-hybridized carbons (Fsp3) is 0.211. The van der Waals surface area contributed by atoms with Crippen molar-refractivity contribution in [3.8, 4) is 0 Å². The number of esters is 1. The van der Waals surface area contributed by atoms with E-state index in [1.54, 1.807) is 12.1 Å². The van der Waals surface area contributed by atoms with Crippen LogP contribution in [0.4, 0.5) is 15.8 Å². The van der Waals surface area contributed by atoms with E-state index in [1.165, 1.54) is 36.9 Å². The lowest BCUT2D eigenvalue weighted by Crippen LogP contribution is -2.34. The van der Waals surface area contributed by atoms with E-state index in [-0.39, 0.29) is 18.0 Å². The third kappa shape index (κ3) is 4.65. The smallest absolute Gasteiger partial charge is 0.308 e. The van der Waals surface area contributed by atoms with Crippen LogP contribution in [0.5, 0.6) is 0 Å². The Morgan fingerprint density at radius 1 is 1.22 bits per heavy atom. The molecule has 2 amide bonds. The highest BCUT2D eigenvalue weighted by Gasteiger charge is 2.30. The molecule has 1 heterocycles. The number of hydrogen-bond acceptors (Lipinski definition) is 5. The van der Waals surface area contributed by atoms with E-state index in [9.17, 15) is 18.8 Å². The van der Waals surface area contributed by atoms with Gasteiger partial charge in [-0.05, 0) is 31.2 Å². The molecular weight excluding hydrogens is 371 g/mol. The monoisotopic (exact) mass is 388 g/mol. The highest BCUT2D eigenvalue weighted by molar-refractivity contribution is 8.01. The SMILES string of the molecule is C[C@H](OC(=O)C[C@@H]1Sc2ccccc2NC1=O)C(=O)Nc1ccccc1F. The molecule has 0 fully saturated rings. The molecule has 27 heavy (non-hydrogen) atoms. The zero-order valence-electron chi connectivity index (χ0n) is 14.4. The Labute approximate surface area is 159 Å². The average Bonchev–Trinajstić information content (AvgIpc) is 2.64. The van der Waals surface area contributed by atoms with Gasteiger partial charge in [-0.2, -0.15) is 0 Å². The Hall–Kier alpha value is -2.87. The Morgan fingerprint density at radius 2 is 1.93 bits per heavy atom. The van der Waals surface area contributed by atoms with Crippen molar-refractivity contribution in [3.05, 3.63) is 54.3 Å². The van der Waals surface area contributed by atoms with Gasteiger partial charge in [0, 0.05) is 4.90 Å². The number of carbonyl (C=O) groups excluding carboxylic acids is 3. The number of amides is 2. The predicted octanol–water partition coefficient (Wildman–Crippen LogP) is 3.20. The second-order valence-electron chi connectivity index (χ2n) is 5.90. The van der Waals surface area contributed by atoms with Crippen molar-refractivity contribution in [1.82, 2.24) is 0 Å². The molecule has 6 nitrogen and oxygen atoms in total. The van der Waals surface area contributed by atoms with Crippen molar-refractivity contribution in [3.63, 3.8) is 0 Å². The van der Waals surface area contributed by atoms with Crippen LogP contribution in [0, 0.1) is 5.82 Å². The number of ether oxygens (including phenoxy) is 1. The lowest BCUT2D eigenvalue weighted by molar-refractivity contribution is -0.153. The molecule has 8 heteroatoms. The Kier molecular flexibility index (Phi) is 5.75. The fourth-order valence-corrected chi connectivity index (χ4v) is 3.57. The van der Waals surface area contributed by atoms with Crippen molar-refractivity contribution in [2.75, 3.05) is 10.6 Å². The number of halogens is 1. The summed E-state index contributed by atoms with van der Waals surface area (Å²) < 4.78 is 18.7. The van der Waals surface area contributed by atoms with Crippen LogP contribution in [-0.2, 0) is 19.1 Å². The van der Waals surface area contributed by atoms with Crippen LogP contribution in [0.25, 0.3) is 0 Å². The number of thioether (sulfide) groups is 1. The summed E-state index contributed by atoms with van der Waals surface area (Å²) in [5.41, 5.74) is 0.707. The van der Waals surface area contributed by atoms with Crippen molar-refractivity contribution in [2.24, 2.45) is 0 Å². The number of benzene rings is 2. The van der Waals surface area contributed by atoms with Gasteiger partial charge in [-0.15, -0.1) is 11.8 Å². The molecule has 140 valence electrons. The van der Waals surface area contributed by atoms with Crippen LogP contribution < -0.4 is 10.6 Å². The molecule has 1 aliphatic rings. The third-order valence-corrected chi connectivity index (χ3v) is 5.14. The summed E-state index contributed by atoms with van der Waals surface area (Å²) in [5.74, 6) is -2.21. The van der Waals surface area contributed by atoms with E-state index >= 15 is 0 Å². The van der Waals surface area contributed by atoms with E-state index in [0.717, 1.165) is 4.90 Å². The van der Waals surface area contributed by atoms with Crippen LogP contribution >= 0.6 is 11.8 Å². The minimum atomic E-state index is -1.12. The van der Waals surface area contributed by atoms with E-state index in [2.05, 4.69) is 10.6 Å². The maximum absolute atomic E-state index is 13.6. The Bertz CT molecular complexity index is 890. The van der Waals surface area contributed by atoms with Crippen molar-refractivity contribution in [2.45, 2.75) is 29.6 Å². The first-order valence-electron chi connectivity index (χ1n) is 8.25. The lowest BCUT2D eigenvalue weighted by Gasteiger charge is -2.23. The van der Waals surface area contributed by atoms with Crippen molar-refractivity contribution in [1.29, 1.82) is 0 Å². The van der Waals surface area contributed by atoms with E-state index < -0.39 is 29.0 Å². The van der Waals surface area contributed by atoms with Gasteiger partial charge in [-0.1, -0.05) is 24.3 Å². The highest BCUT2D eigenvalue weighted by Crippen LogP contribution is 2.36. The molecule has 0 spiro atoms. The van der Waals surface area contributed by atoms with Gasteiger partial charge in [-0.3, -0.25) is 14.4 Å². The maximum atomic E-state index is 13.6. The molecule has 1 aliphatic heterocycles. The zero-order chi connectivity index (χ0) is 19.4. The lowest BCUT2D eigenvalue weighted by atomic mass is 10.2. The highest BCUT2D eigenvalue weighted by atomic mass is 32.2. The van der Waals surface area contributed by atoms with Crippen LogP contribution in [0.15, 0.2) is 53.4 Å². The van der Waals surface area contributed by atoms with Gasteiger partial charge < -0.3 is 15.4 Å². The molecule has 2 aromatic rings. The molecule has 0 unspecified atom stereocenters. The van der Waals surface area contributed by atoms with Gasteiger partial charge in [-0.25, -0.2) is 4.39 Å². The van der Waals surface area contributed by atoms with E-state index in [1.807, 2.05) is 18.2 Å². The largest absolute Gasteiger partial charge is 0.452 e.